The largest absolute Gasteiger partial charge is 0.356 e. The highest BCUT2D eigenvalue weighted by molar-refractivity contribution is 6.79. The summed E-state index contributed by atoms with van der Waals surface area (Å²) in [7, 11) is -1.83. The van der Waals surface area contributed by atoms with Crippen molar-refractivity contribution in [2.75, 3.05) is 12.7 Å². The van der Waals surface area contributed by atoms with Gasteiger partial charge in [-0.05, 0) is 31.0 Å². The van der Waals surface area contributed by atoms with Crippen molar-refractivity contribution >= 4 is 48.3 Å². The van der Waals surface area contributed by atoms with Gasteiger partial charge in [-0.3, -0.25) is 14.4 Å². The van der Waals surface area contributed by atoms with E-state index < -0.39 is 20.2 Å². The van der Waals surface area contributed by atoms with Crippen molar-refractivity contribution in [1.29, 1.82) is 5.26 Å². The molecule has 32 heavy (non-hydrogen) atoms. The average molecular weight is 472 g/mol. The van der Waals surface area contributed by atoms with E-state index in [-0.39, 0.29) is 30.1 Å². The second-order valence-electron chi connectivity index (χ2n) is 9.41. The number of nitrogens with zero attached hydrogens (tertiary/aromatic N) is 2. The zero-order valence-corrected chi connectivity index (χ0v) is 19.8. The van der Waals surface area contributed by atoms with Gasteiger partial charge in [0.1, 0.15) is 17.8 Å². The third-order valence-corrected chi connectivity index (χ3v) is 9.28. The lowest BCUT2D eigenvalue weighted by molar-refractivity contribution is -0.126. The normalized spacial score (nSPS) is 23.1. The third-order valence-electron chi connectivity index (χ3n) is 6.28. The Morgan fingerprint density at radius 2 is 2.19 bits per heavy atom. The van der Waals surface area contributed by atoms with E-state index in [0.717, 1.165) is 5.39 Å². The van der Waals surface area contributed by atoms with Gasteiger partial charge >= 0.3 is 0 Å². The van der Waals surface area contributed by atoms with Crippen LogP contribution in [-0.4, -0.2) is 60.5 Å². The molecule has 0 saturated carbocycles. The number of rotatable bonds is 5. The van der Waals surface area contributed by atoms with Gasteiger partial charge in [-0.25, -0.2) is 0 Å². The van der Waals surface area contributed by atoms with Crippen LogP contribution in [0.3, 0.4) is 0 Å². The smallest absolute Gasteiger partial charge is 0.270 e. The van der Waals surface area contributed by atoms with Crippen molar-refractivity contribution in [1.82, 2.24) is 20.5 Å². The van der Waals surface area contributed by atoms with E-state index in [1.807, 2.05) is 12.1 Å². The van der Waals surface area contributed by atoms with Crippen LogP contribution in [0.25, 0.3) is 10.9 Å². The maximum absolute atomic E-state index is 13.4. The molecule has 0 aliphatic carbocycles. The predicted molar refractivity (Wildman–Crippen MR) is 124 cm³/mol. The van der Waals surface area contributed by atoms with Crippen molar-refractivity contribution in [3.05, 3.63) is 35.0 Å². The van der Waals surface area contributed by atoms with E-state index in [1.165, 1.54) is 0 Å². The number of para-hydroxylation sites is 1. The average Bonchev–Trinajstić information content (AvgIpc) is 3.44. The molecular weight excluding hydrogens is 446 g/mol. The van der Waals surface area contributed by atoms with Crippen molar-refractivity contribution in [3.8, 4) is 6.07 Å². The Balaban J connectivity index is 1.52. The molecule has 0 radical (unpaired) electrons. The van der Waals surface area contributed by atoms with Crippen LogP contribution in [0.5, 0.6) is 0 Å². The van der Waals surface area contributed by atoms with E-state index in [0.29, 0.717) is 41.4 Å². The molecule has 0 bridgehead atoms. The first kappa shape index (κ1) is 22.4. The molecule has 2 aliphatic heterocycles. The molecule has 3 N–H and O–H groups in total. The molecular formula is C22H26ClN5O3Si. The van der Waals surface area contributed by atoms with E-state index in [4.69, 9.17) is 11.6 Å². The van der Waals surface area contributed by atoms with Crippen molar-refractivity contribution in [2.24, 2.45) is 5.92 Å². The number of benzene rings is 1. The zero-order chi connectivity index (χ0) is 23.0. The van der Waals surface area contributed by atoms with Gasteiger partial charge in [-0.15, -0.1) is 0 Å². The SMILES string of the molecule is C[Si]1(C)CC(C(=O)N[C@H](C#N)C[C@@H]2CCNC2=O)N(C(=O)c2cc3cccc(Cl)c3[nH]2)C1. The van der Waals surface area contributed by atoms with E-state index in [1.54, 1.807) is 17.0 Å². The summed E-state index contributed by atoms with van der Waals surface area (Å²) in [6.45, 7) is 4.88. The number of carbonyl (C=O) groups is 3. The Morgan fingerprint density at radius 3 is 2.84 bits per heavy atom. The molecule has 168 valence electrons. The molecule has 3 atom stereocenters. The summed E-state index contributed by atoms with van der Waals surface area (Å²) in [6.07, 6.45) is 1.48. The molecule has 1 aromatic carbocycles. The van der Waals surface area contributed by atoms with Gasteiger partial charge in [0, 0.05) is 24.0 Å². The van der Waals surface area contributed by atoms with Crippen molar-refractivity contribution in [3.63, 3.8) is 0 Å². The Morgan fingerprint density at radius 1 is 1.41 bits per heavy atom. The van der Waals surface area contributed by atoms with Crippen LogP contribution in [0.1, 0.15) is 23.3 Å². The maximum atomic E-state index is 13.4. The number of aromatic nitrogens is 1. The first-order valence-electron chi connectivity index (χ1n) is 10.7. The lowest BCUT2D eigenvalue weighted by Gasteiger charge is -2.25. The summed E-state index contributed by atoms with van der Waals surface area (Å²) >= 11 is 6.24. The number of nitriles is 1. The van der Waals surface area contributed by atoms with Crippen molar-refractivity contribution in [2.45, 2.75) is 44.1 Å². The summed E-state index contributed by atoms with van der Waals surface area (Å²) < 4.78 is 0. The number of hydrogen-bond donors (Lipinski definition) is 3. The molecule has 3 amide bonds. The number of amides is 3. The fraction of sp³-hybridized carbons (Fsp3) is 0.455. The van der Waals surface area contributed by atoms with Gasteiger partial charge in [0.05, 0.1) is 24.7 Å². The predicted octanol–water partition coefficient (Wildman–Crippen LogP) is 2.43. The molecule has 1 unspecified atom stereocenters. The minimum Gasteiger partial charge on any atom is -0.356 e. The molecule has 4 rings (SSSR count). The summed E-state index contributed by atoms with van der Waals surface area (Å²) in [5, 5.41) is 16.4. The van der Waals surface area contributed by atoms with Crippen LogP contribution in [0.2, 0.25) is 24.2 Å². The van der Waals surface area contributed by atoms with Gasteiger partial charge in [0.15, 0.2) is 0 Å². The van der Waals surface area contributed by atoms with Crippen LogP contribution < -0.4 is 10.6 Å². The highest BCUT2D eigenvalue weighted by Crippen LogP contribution is 2.30. The molecule has 3 heterocycles. The Bertz CT molecular complexity index is 1120. The summed E-state index contributed by atoms with van der Waals surface area (Å²) in [5.74, 6) is -0.943. The van der Waals surface area contributed by atoms with Crippen LogP contribution >= 0.6 is 11.6 Å². The van der Waals surface area contributed by atoms with Gasteiger partial charge in [-0.2, -0.15) is 5.26 Å². The molecule has 2 aliphatic rings. The van der Waals surface area contributed by atoms with Gasteiger partial charge in [-0.1, -0.05) is 36.8 Å². The lowest BCUT2D eigenvalue weighted by Crippen LogP contribution is -2.49. The van der Waals surface area contributed by atoms with E-state index in [9.17, 15) is 19.6 Å². The minimum absolute atomic E-state index is 0.0804. The summed E-state index contributed by atoms with van der Waals surface area (Å²) in [4.78, 5) is 43.1. The van der Waals surface area contributed by atoms with Crippen LogP contribution in [0.4, 0.5) is 0 Å². The van der Waals surface area contributed by atoms with Crippen LogP contribution in [0, 0.1) is 17.2 Å². The highest BCUT2D eigenvalue weighted by Gasteiger charge is 2.45. The van der Waals surface area contributed by atoms with Crippen molar-refractivity contribution < 1.29 is 14.4 Å². The quantitative estimate of drug-likeness (QED) is 0.580. The van der Waals surface area contributed by atoms with E-state index >= 15 is 0 Å². The fourth-order valence-corrected chi connectivity index (χ4v) is 7.77. The second-order valence-corrected chi connectivity index (χ2v) is 14.9. The maximum Gasteiger partial charge on any atom is 0.270 e. The fourth-order valence-electron chi connectivity index (χ4n) is 4.67. The van der Waals surface area contributed by atoms with Crippen LogP contribution in [-0.2, 0) is 9.59 Å². The summed E-state index contributed by atoms with van der Waals surface area (Å²) in [5.41, 5.74) is 1.07. The lowest BCUT2D eigenvalue weighted by atomic mass is 9.99. The number of carbonyl (C=O) groups excluding carboxylic acids is 3. The first-order valence-corrected chi connectivity index (χ1v) is 14.5. The molecule has 2 aromatic rings. The monoisotopic (exact) mass is 471 g/mol. The number of fused-ring (bicyclic) bond motifs is 1. The summed E-state index contributed by atoms with van der Waals surface area (Å²) in [6, 6.07) is 8.51. The van der Waals surface area contributed by atoms with Gasteiger partial charge < -0.3 is 20.5 Å². The van der Waals surface area contributed by atoms with Crippen LogP contribution in [0.15, 0.2) is 24.3 Å². The molecule has 2 fully saturated rings. The molecule has 8 nitrogen and oxygen atoms in total. The number of nitrogens with one attached hydrogen (secondary N) is 3. The molecule has 0 spiro atoms. The third kappa shape index (κ3) is 4.38. The number of hydrogen-bond acceptors (Lipinski definition) is 4. The number of aromatic amines is 1. The zero-order valence-electron chi connectivity index (χ0n) is 18.1. The first-order chi connectivity index (χ1) is 15.2. The molecule has 2 saturated heterocycles. The number of halogens is 1. The minimum atomic E-state index is -1.83. The molecule has 10 heteroatoms. The number of H-pyrrole nitrogens is 1. The molecule has 1 aromatic heterocycles. The van der Waals surface area contributed by atoms with E-state index in [2.05, 4.69) is 34.8 Å². The van der Waals surface area contributed by atoms with Gasteiger partial charge in [0.25, 0.3) is 5.91 Å². The Hall–Kier alpha value is -2.83. The topological polar surface area (TPSA) is 118 Å². The standard InChI is InChI=1S/C22H26ClN5O3Si/c1-32(2)11-18(21(30)26-15(10-24)8-14-6-7-25-20(14)29)28(12-32)22(31)17-9-13-4-3-5-16(23)19(13)27-17/h3-5,9,14-15,18,27H,6-8,11-12H2,1-2H3,(H,25,29)(H,26,30)/t14-,15-,18?/m0/s1. The Labute approximate surface area is 192 Å². The van der Waals surface area contributed by atoms with Gasteiger partial charge in [0.2, 0.25) is 11.8 Å². The Kier molecular flexibility index (Phi) is 6.01. The highest BCUT2D eigenvalue weighted by atomic mass is 35.5. The second kappa shape index (κ2) is 8.60.